The van der Waals surface area contributed by atoms with Gasteiger partial charge in [0.2, 0.25) is 3.79 Å². The lowest BCUT2D eigenvalue weighted by atomic mass is 10.3. The van der Waals surface area contributed by atoms with Gasteiger partial charge in [0, 0.05) is 11.4 Å². The van der Waals surface area contributed by atoms with Gasteiger partial charge in [-0.15, -0.1) is 0 Å². The molecule has 23 heavy (non-hydrogen) atoms. The minimum Gasteiger partial charge on any atom is -0.299 e. The van der Waals surface area contributed by atoms with E-state index in [9.17, 15) is 4.57 Å². The van der Waals surface area contributed by atoms with Gasteiger partial charge < -0.3 is 0 Å². The molecular weight excluding hydrogens is 401 g/mol. The zero-order valence-electron chi connectivity index (χ0n) is 11.6. The Balaban J connectivity index is 2.24. The number of benzene rings is 2. The molecule has 0 amide bonds. The van der Waals surface area contributed by atoms with Crippen LogP contribution >= 0.6 is 54.1 Å². The van der Waals surface area contributed by atoms with Gasteiger partial charge in [-0.1, -0.05) is 82.8 Å². The van der Waals surface area contributed by atoms with Crippen molar-refractivity contribution >= 4 is 65.4 Å². The van der Waals surface area contributed by atoms with Gasteiger partial charge in [-0.2, -0.15) is 0 Å². The van der Waals surface area contributed by atoms with Crippen LogP contribution in [0.15, 0.2) is 60.7 Å². The first-order valence-electron chi connectivity index (χ1n) is 6.44. The Kier molecular flexibility index (Phi) is 6.49. The van der Waals surface area contributed by atoms with Crippen molar-refractivity contribution in [3.05, 3.63) is 60.7 Å². The van der Waals surface area contributed by atoms with Gasteiger partial charge in [0.25, 0.3) is 0 Å². The standard InChI is InChI=1S/C14H13Cl4N2O2P/c15-13(14(16,17)18)22-23(21,19-11-7-3-1-4-8-11)20-12-9-5-2-6-10-12/h1-10,13H,(H2,19,20,21). The molecule has 0 heterocycles. The van der Waals surface area contributed by atoms with Crippen molar-refractivity contribution in [3.8, 4) is 0 Å². The van der Waals surface area contributed by atoms with E-state index in [0.29, 0.717) is 11.4 Å². The fourth-order valence-corrected chi connectivity index (χ4v) is 3.85. The molecule has 0 bridgehead atoms. The maximum atomic E-state index is 13.1. The van der Waals surface area contributed by atoms with E-state index in [-0.39, 0.29) is 0 Å². The monoisotopic (exact) mass is 412 g/mol. The van der Waals surface area contributed by atoms with Crippen molar-refractivity contribution in [1.82, 2.24) is 0 Å². The molecule has 124 valence electrons. The van der Waals surface area contributed by atoms with Crippen LogP contribution in [0, 0.1) is 0 Å². The first kappa shape index (κ1) is 18.7. The van der Waals surface area contributed by atoms with Crippen LogP contribution < -0.4 is 10.2 Å². The molecule has 1 unspecified atom stereocenters. The number of nitrogens with one attached hydrogen (secondary N) is 2. The zero-order chi connectivity index (χ0) is 16.9. The largest absolute Gasteiger partial charge is 0.393 e. The smallest absolute Gasteiger partial charge is 0.299 e. The SMILES string of the molecule is O=P(Nc1ccccc1)(Nc1ccccc1)OC(Cl)C(Cl)(Cl)Cl. The van der Waals surface area contributed by atoms with Crippen molar-refractivity contribution in [1.29, 1.82) is 0 Å². The summed E-state index contributed by atoms with van der Waals surface area (Å²) in [7, 11) is -3.70. The number of hydrogen-bond donors (Lipinski definition) is 2. The Labute approximate surface area is 154 Å². The van der Waals surface area contributed by atoms with Crippen molar-refractivity contribution in [3.63, 3.8) is 0 Å². The molecule has 4 nitrogen and oxygen atoms in total. The minimum atomic E-state index is -3.70. The van der Waals surface area contributed by atoms with Crippen LogP contribution in [-0.4, -0.2) is 9.36 Å². The van der Waals surface area contributed by atoms with E-state index in [1.807, 2.05) is 12.1 Å². The lowest BCUT2D eigenvalue weighted by Gasteiger charge is -2.27. The molecular formula is C14H13Cl4N2O2P. The van der Waals surface area contributed by atoms with Crippen LogP contribution in [0.1, 0.15) is 0 Å². The van der Waals surface area contributed by atoms with E-state index in [1.54, 1.807) is 48.5 Å². The van der Waals surface area contributed by atoms with Crippen molar-refractivity contribution < 1.29 is 9.09 Å². The van der Waals surface area contributed by atoms with Crippen LogP contribution in [0.4, 0.5) is 11.4 Å². The third-order valence-corrected chi connectivity index (χ3v) is 5.68. The van der Waals surface area contributed by atoms with Crippen LogP contribution in [0.5, 0.6) is 0 Å². The Hall–Kier alpha value is -0.610. The van der Waals surface area contributed by atoms with Crippen molar-refractivity contribution in [2.24, 2.45) is 0 Å². The number of hydrogen-bond acceptors (Lipinski definition) is 2. The predicted molar refractivity (Wildman–Crippen MR) is 98.8 cm³/mol. The Morgan fingerprint density at radius 3 is 1.61 bits per heavy atom. The first-order valence-corrected chi connectivity index (χ1v) is 9.64. The highest BCUT2D eigenvalue weighted by Gasteiger charge is 2.38. The topological polar surface area (TPSA) is 50.4 Å². The molecule has 2 N–H and O–H groups in total. The van der Waals surface area contributed by atoms with E-state index < -0.39 is 17.0 Å². The second-order valence-electron chi connectivity index (χ2n) is 4.47. The molecule has 0 aliphatic carbocycles. The molecule has 1 atom stereocenters. The summed E-state index contributed by atoms with van der Waals surface area (Å²) in [6.07, 6.45) is 0. The molecule has 0 fully saturated rings. The van der Waals surface area contributed by atoms with Gasteiger partial charge in [-0.3, -0.25) is 14.7 Å². The second kappa shape index (κ2) is 7.98. The number of para-hydroxylation sites is 2. The minimum absolute atomic E-state index is 0.562. The molecule has 0 aliphatic rings. The summed E-state index contributed by atoms with van der Waals surface area (Å²) >= 11 is 23.0. The van der Waals surface area contributed by atoms with Gasteiger partial charge in [0.1, 0.15) is 0 Å². The molecule has 0 saturated heterocycles. The summed E-state index contributed by atoms with van der Waals surface area (Å²) < 4.78 is 16.5. The van der Waals surface area contributed by atoms with E-state index in [1.165, 1.54) is 0 Å². The zero-order valence-corrected chi connectivity index (χ0v) is 15.5. The molecule has 0 radical (unpaired) electrons. The van der Waals surface area contributed by atoms with E-state index in [2.05, 4.69) is 10.2 Å². The van der Waals surface area contributed by atoms with Crippen LogP contribution in [-0.2, 0) is 9.09 Å². The molecule has 0 saturated carbocycles. The average molecular weight is 414 g/mol. The Morgan fingerprint density at radius 2 is 1.26 bits per heavy atom. The molecule has 0 aliphatic heterocycles. The van der Waals surface area contributed by atoms with Gasteiger partial charge in [-0.05, 0) is 24.3 Å². The molecule has 0 spiro atoms. The summed E-state index contributed by atoms with van der Waals surface area (Å²) in [6.45, 7) is 0. The Bertz CT molecular complexity index is 622. The summed E-state index contributed by atoms with van der Waals surface area (Å²) in [5, 5.41) is 5.54. The lowest BCUT2D eigenvalue weighted by Crippen LogP contribution is -2.25. The average Bonchev–Trinajstić information content (AvgIpc) is 2.47. The highest BCUT2D eigenvalue weighted by Crippen LogP contribution is 2.51. The van der Waals surface area contributed by atoms with E-state index >= 15 is 0 Å². The van der Waals surface area contributed by atoms with E-state index in [4.69, 9.17) is 50.9 Å². The van der Waals surface area contributed by atoms with Crippen LogP contribution in [0.25, 0.3) is 0 Å². The molecule has 2 aromatic carbocycles. The second-order valence-corrected chi connectivity index (χ2v) is 9.00. The van der Waals surface area contributed by atoms with Gasteiger partial charge in [0.05, 0.1) is 0 Å². The van der Waals surface area contributed by atoms with Crippen molar-refractivity contribution in [2.45, 2.75) is 9.36 Å². The van der Waals surface area contributed by atoms with Crippen LogP contribution in [0.3, 0.4) is 0 Å². The molecule has 0 aromatic heterocycles. The summed E-state index contributed by atoms with van der Waals surface area (Å²) in [5.74, 6) is 0. The molecule has 2 rings (SSSR count). The number of anilines is 2. The third-order valence-electron chi connectivity index (χ3n) is 2.60. The fourth-order valence-electron chi connectivity index (χ4n) is 1.64. The predicted octanol–water partition coefficient (Wildman–Crippen LogP) is 6.27. The third kappa shape index (κ3) is 6.07. The maximum absolute atomic E-state index is 13.1. The summed E-state index contributed by atoms with van der Waals surface area (Å²) in [5.41, 5.74) is -0.300. The van der Waals surface area contributed by atoms with E-state index in [0.717, 1.165) is 0 Å². The lowest BCUT2D eigenvalue weighted by molar-refractivity contribution is 0.290. The van der Waals surface area contributed by atoms with Crippen LogP contribution in [0.2, 0.25) is 0 Å². The van der Waals surface area contributed by atoms with Crippen molar-refractivity contribution in [2.75, 3.05) is 10.2 Å². The summed E-state index contributed by atoms with van der Waals surface area (Å²) in [6, 6.07) is 17.7. The quantitative estimate of drug-likeness (QED) is 0.432. The van der Waals surface area contributed by atoms with Gasteiger partial charge in [0.15, 0.2) is 5.56 Å². The first-order chi connectivity index (χ1) is 10.8. The Morgan fingerprint density at radius 1 is 0.870 bits per heavy atom. The normalized spacial score (nSPS) is 13.4. The fraction of sp³-hybridized carbons (Fsp3) is 0.143. The molecule has 2 aromatic rings. The highest BCUT2D eigenvalue weighted by atomic mass is 35.6. The highest BCUT2D eigenvalue weighted by molar-refractivity contribution is 7.62. The molecule has 9 heteroatoms. The van der Waals surface area contributed by atoms with Gasteiger partial charge >= 0.3 is 7.67 Å². The number of alkyl halides is 4. The maximum Gasteiger partial charge on any atom is 0.393 e. The number of rotatable bonds is 6. The van der Waals surface area contributed by atoms with Gasteiger partial charge in [-0.25, -0.2) is 4.57 Å². The summed E-state index contributed by atoms with van der Waals surface area (Å²) in [4.78, 5) is 0. The number of halogens is 4.